The summed E-state index contributed by atoms with van der Waals surface area (Å²) in [4.78, 5) is 0. The Bertz CT molecular complexity index is 544. The van der Waals surface area contributed by atoms with Crippen molar-refractivity contribution in [3.8, 4) is 11.5 Å². The summed E-state index contributed by atoms with van der Waals surface area (Å²) in [5.74, 6) is 1.07. The molecule has 0 aliphatic heterocycles. The highest BCUT2D eigenvalue weighted by atomic mass is 31.1. The van der Waals surface area contributed by atoms with Crippen molar-refractivity contribution in [1.82, 2.24) is 0 Å². The van der Waals surface area contributed by atoms with Crippen LogP contribution in [0.25, 0.3) is 0 Å². The molecule has 2 rings (SSSR count). The predicted molar refractivity (Wildman–Crippen MR) is 76.5 cm³/mol. The highest BCUT2D eigenvalue weighted by Gasteiger charge is 1.94. The Morgan fingerprint density at radius 1 is 1.00 bits per heavy atom. The molecule has 2 aromatic rings. The van der Waals surface area contributed by atoms with Gasteiger partial charge >= 0.3 is 0 Å². The molecule has 0 radical (unpaired) electrons. The maximum Gasteiger partial charge on any atom is 0.249 e. The summed E-state index contributed by atoms with van der Waals surface area (Å²) in [7, 11) is 0.405. The number of rotatable bonds is 5. The first-order chi connectivity index (χ1) is 9.24. The Morgan fingerprint density at radius 2 is 1.63 bits per heavy atom. The van der Waals surface area contributed by atoms with Crippen LogP contribution in [0.5, 0.6) is 11.5 Å². The third kappa shape index (κ3) is 4.94. The maximum absolute atomic E-state index is 12.6. The van der Waals surface area contributed by atoms with E-state index >= 15 is 0 Å². The van der Waals surface area contributed by atoms with Crippen LogP contribution in [0, 0.1) is 12.7 Å². The Balaban J connectivity index is 1.75. The van der Waals surface area contributed by atoms with E-state index in [0.717, 1.165) is 5.75 Å². The minimum atomic E-state index is -0.284. The van der Waals surface area contributed by atoms with Crippen LogP contribution >= 0.6 is 17.6 Å². The lowest BCUT2D eigenvalue weighted by Gasteiger charge is -2.01. The lowest BCUT2D eigenvalue weighted by Crippen LogP contribution is -1.77. The van der Waals surface area contributed by atoms with Gasteiger partial charge in [0.15, 0.2) is 0 Å². The molecule has 19 heavy (non-hydrogen) atoms. The molecule has 1 unspecified atom stereocenters. The lowest BCUT2D eigenvalue weighted by molar-refractivity contribution is 0.606. The van der Waals surface area contributed by atoms with Crippen molar-refractivity contribution in [2.24, 2.45) is 4.52 Å². The first-order valence-electron chi connectivity index (χ1n) is 5.55. The molecule has 6 heteroatoms. The predicted octanol–water partition coefficient (Wildman–Crippen LogP) is 5.15. The van der Waals surface area contributed by atoms with Crippen molar-refractivity contribution in [2.75, 3.05) is 0 Å². The first-order valence-corrected chi connectivity index (χ1v) is 7.17. The van der Waals surface area contributed by atoms with Gasteiger partial charge in [-0.2, -0.15) is 4.52 Å². The van der Waals surface area contributed by atoms with Crippen molar-refractivity contribution >= 4 is 17.6 Å². The number of hydrogen-bond acceptors (Lipinski definition) is 3. The van der Waals surface area contributed by atoms with Crippen molar-refractivity contribution in [2.45, 2.75) is 6.92 Å². The highest BCUT2D eigenvalue weighted by molar-refractivity contribution is 7.39. The average molecular weight is 295 g/mol. The Kier molecular flexibility index (Phi) is 5.26. The molecule has 0 fully saturated rings. The summed E-state index contributed by atoms with van der Waals surface area (Å²) in [6, 6.07) is 13.6. The highest BCUT2D eigenvalue weighted by Crippen LogP contribution is 2.26. The van der Waals surface area contributed by atoms with E-state index in [-0.39, 0.29) is 14.8 Å². The van der Waals surface area contributed by atoms with Crippen LogP contribution in [0.3, 0.4) is 0 Å². The van der Waals surface area contributed by atoms with Gasteiger partial charge in [-0.15, -0.1) is 0 Å². The fourth-order valence-electron chi connectivity index (χ4n) is 1.26. The summed E-state index contributed by atoms with van der Waals surface area (Å²) in [6.45, 7) is 2.02. The fourth-order valence-corrected chi connectivity index (χ4v) is 2.18. The molecule has 3 nitrogen and oxygen atoms in total. The van der Waals surface area contributed by atoms with E-state index in [0.29, 0.717) is 14.3 Å². The fraction of sp³-hybridized carbons (Fsp3) is 0.0769. The van der Waals surface area contributed by atoms with Crippen LogP contribution in [-0.2, 0) is 0 Å². The monoisotopic (exact) mass is 295 g/mol. The minimum absolute atomic E-state index is 0.0790. The molecular weight excluding hydrogens is 283 g/mol. The number of nitrogens with zero attached hydrogens (tertiary/aromatic N) is 1. The first kappa shape index (κ1) is 13.9. The normalized spacial score (nSPS) is 11.3. The van der Waals surface area contributed by atoms with Crippen LogP contribution in [-0.4, -0.2) is 0 Å². The third-order valence-electron chi connectivity index (χ3n) is 2.23. The molecule has 0 saturated heterocycles. The number of aryl methyl sites for hydroxylation is 1. The average Bonchev–Trinajstić information content (AvgIpc) is 2.43. The second kappa shape index (κ2) is 7.18. The summed E-state index contributed by atoms with van der Waals surface area (Å²) in [5.41, 5.74) is 1.18. The van der Waals surface area contributed by atoms with Gasteiger partial charge in [-0.3, -0.25) is 0 Å². The zero-order valence-corrected chi connectivity index (χ0v) is 12.1. The molecule has 0 saturated carbocycles. The number of hydrogen-bond donors (Lipinski definition) is 0. The molecule has 0 aromatic heterocycles. The van der Waals surface area contributed by atoms with Crippen molar-refractivity contribution < 1.29 is 13.4 Å². The van der Waals surface area contributed by atoms with Crippen LogP contribution in [0.4, 0.5) is 4.39 Å². The van der Waals surface area contributed by atoms with Gasteiger partial charge in [-0.25, -0.2) is 4.39 Å². The van der Waals surface area contributed by atoms with E-state index in [1.54, 1.807) is 12.1 Å². The van der Waals surface area contributed by atoms with E-state index in [1.807, 2.05) is 31.2 Å². The molecule has 0 amide bonds. The van der Waals surface area contributed by atoms with E-state index < -0.39 is 0 Å². The van der Waals surface area contributed by atoms with Gasteiger partial charge in [0.25, 0.3) is 0 Å². The van der Waals surface area contributed by atoms with Gasteiger partial charge in [0.05, 0.1) is 0 Å². The van der Waals surface area contributed by atoms with Gasteiger partial charge in [0.2, 0.25) is 17.6 Å². The summed E-state index contributed by atoms with van der Waals surface area (Å²) in [5, 5.41) is 0. The quantitative estimate of drug-likeness (QED) is 0.715. The largest absolute Gasteiger partial charge is 0.454 e. The Morgan fingerprint density at radius 3 is 2.32 bits per heavy atom. The molecule has 1 atom stereocenters. The van der Waals surface area contributed by atoms with Crippen molar-refractivity contribution in [3.05, 3.63) is 59.9 Å². The summed E-state index contributed by atoms with van der Waals surface area (Å²) >= 11 is 0. The van der Waals surface area contributed by atoms with Crippen LogP contribution in [0.1, 0.15) is 5.56 Å². The SMILES string of the molecule is Cc1ccc(OP=NPOc2ccc(F)cc2)cc1. The van der Waals surface area contributed by atoms with Crippen LogP contribution < -0.4 is 9.05 Å². The zero-order valence-electron chi connectivity index (χ0n) is 10.2. The molecule has 0 spiro atoms. The van der Waals surface area contributed by atoms with Gasteiger partial charge in [0.1, 0.15) is 17.3 Å². The van der Waals surface area contributed by atoms with Gasteiger partial charge < -0.3 is 9.05 Å². The number of halogens is 1. The molecule has 0 heterocycles. The molecular formula is C13H12FNO2P2. The molecule has 0 bridgehead atoms. The molecule has 98 valence electrons. The zero-order chi connectivity index (χ0) is 13.5. The topological polar surface area (TPSA) is 30.8 Å². The van der Waals surface area contributed by atoms with E-state index in [2.05, 4.69) is 4.52 Å². The molecule has 0 aliphatic rings. The van der Waals surface area contributed by atoms with Crippen molar-refractivity contribution in [3.63, 3.8) is 0 Å². The van der Waals surface area contributed by atoms with E-state index in [9.17, 15) is 4.39 Å². The van der Waals surface area contributed by atoms with Gasteiger partial charge in [-0.05, 0) is 43.3 Å². The second-order valence-electron chi connectivity index (χ2n) is 3.73. The smallest absolute Gasteiger partial charge is 0.249 e. The minimum Gasteiger partial charge on any atom is -0.454 e. The van der Waals surface area contributed by atoms with Gasteiger partial charge in [0, 0.05) is 0 Å². The van der Waals surface area contributed by atoms with Crippen LogP contribution in [0.2, 0.25) is 0 Å². The maximum atomic E-state index is 12.6. The van der Waals surface area contributed by atoms with E-state index in [4.69, 9.17) is 9.05 Å². The molecule has 0 N–H and O–H groups in total. The number of benzene rings is 2. The molecule has 0 aliphatic carbocycles. The third-order valence-corrected chi connectivity index (χ3v) is 3.50. The lowest BCUT2D eigenvalue weighted by atomic mass is 10.2. The Hall–Kier alpha value is -1.50. The summed E-state index contributed by atoms with van der Waals surface area (Å²) in [6.07, 6.45) is 0. The van der Waals surface area contributed by atoms with Crippen LogP contribution in [0.15, 0.2) is 53.0 Å². The van der Waals surface area contributed by atoms with Gasteiger partial charge in [-0.1, -0.05) is 17.7 Å². The summed E-state index contributed by atoms with van der Waals surface area (Å²) < 4.78 is 27.4. The van der Waals surface area contributed by atoms with Crippen molar-refractivity contribution in [1.29, 1.82) is 0 Å². The Labute approximate surface area is 114 Å². The second-order valence-corrected chi connectivity index (χ2v) is 5.27. The standard InChI is InChI=1S/C13H12FNO2P2/c1-10-2-6-12(7-3-10)16-18-15-19-17-13-8-4-11(14)5-9-13/h2-9,19H,1H3. The van der Waals surface area contributed by atoms with E-state index in [1.165, 1.54) is 17.7 Å². The molecule has 2 aromatic carbocycles.